The molecule has 0 amide bonds. The van der Waals surface area contributed by atoms with Gasteiger partial charge in [-0.25, -0.2) is 14.6 Å². The molecule has 5 rings (SSSR count). The van der Waals surface area contributed by atoms with Crippen LogP contribution in [0.3, 0.4) is 0 Å². The van der Waals surface area contributed by atoms with Crippen molar-refractivity contribution in [3.8, 4) is 11.4 Å². The van der Waals surface area contributed by atoms with Gasteiger partial charge in [-0.1, -0.05) is 30.7 Å². The number of benzene rings is 1. The number of anilines is 1. The highest BCUT2D eigenvalue weighted by Crippen LogP contribution is 2.36. The van der Waals surface area contributed by atoms with E-state index in [1.54, 1.807) is 6.33 Å². The van der Waals surface area contributed by atoms with E-state index in [0.29, 0.717) is 11.6 Å². The molecule has 1 unspecified atom stereocenters. The smallest absolute Gasteiger partial charge is 0.138 e. The Morgan fingerprint density at radius 3 is 2.90 bits per heavy atom. The molecule has 1 atom stereocenters. The molecule has 0 saturated carbocycles. The van der Waals surface area contributed by atoms with Gasteiger partial charge in [-0.2, -0.15) is 5.10 Å². The van der Waals surface area contributed by atoms with Crippen molar-refractivity contribution in [2.45, 2.75) is 32.7 Å². The molecule has 31 heavy (non-hydrogen) atoms. The molecule has 3 aromatic heterocycles. The van der Waals surface area contributed by atoms with E-state index in [1.165, 1.54) is 0 Å². The fourth-order valence-corrected chi connectivity index (χ4v) is 4.07. The number of imidazole rings is 1. The monoisotopic (exact) mass is 431 g/mol. The fraction of sp³-hybridized carbons (Fsp3) is 0.217. The minimum Gasteiger partial charge on any atom is -0.378 e. The predicted molar refractivity (Wildman–Crippen MR) is 123 cm³/mol. The van der Waals surface area contributed by atoms with E-state index >= 15 is 0 Å². The maximum Gasteiger partial charge on any atom is 0.138 e. The summed E-state index contributed by atoms with van der Waals surface area (Å²) in [6.07, 6.45) is 4.45. The van der Waals surface area contributed by atoms with Crippen molar-refractivity contribution in [1.29, 1.82) is 0 Å². The molecule has 0 spiro atoms. The van der Waals surface area contributed by atoms with Gasteiger partial charge in [-0.15, -0.1) is 0 Å². The van der Waals surface area contributed by atoms with E-state index in [2.05, 4.69) is 27.3 Å². The first kappa shape index (κ1) is 19.5. The molecule has 4 heterocycles. The highest BCUT2D eigenvalue weighted by atomic mass is 35.5. The Bertz CT molecular complexity index is 1270. The summed E-state index contributed by atoms with van der Waals surface area (Å²) in [6.45, 7) is 4.69. The van der Waals surface area contributed by atoms with Gasteiger partial charge in [0.2, 0.25) is 0 Å². The lowest BCUT2D eigenvalue weighted by molar-refractivity contribution is 0.673. The van der Waals surface area contributed by atoms with Gasteiger partial charge in [-0.05, 0) is 49.2 Å². The maximum absolute atomic E-state index is 6.11. The second-order valence-corrected chi connectivity index (χ2v) is 8.19. The van der Waals surface area contributed by atoms with Crippen LogP contribution in [0.4, 0.5) is 5.69 Å². The fourth-order valence-electron chi connectivity index (χ4n) is 3.88. The van der Waals surface area contributed by atoms with E-state index in [-0.39, 0.29) is 5.92 Å². The Morgan fingerprint density at radius 2 is 2.06 bits per heavy atom. The first-order valence-electron chi connectivity index (χ1n) is 10.2. The number of nitrogens with one attached hydrogen (secondary N) is 2. The number of allylic oxidation sites excluding steroid dienone is 1. The normalized spacial score (nSPS) is 15.5. The van der Waals surface area contributed by atoms with Crippen LogP contribution in [0.1, 0.15) is 42.3 Å². The summed E-state index contributed by atoms with van der Waals surface area (Å²) in [5, 5.41) is 8.42. The molecule has 0 fully saturated rings. The summed E-state index contributed by atoms with van der Waals surface area (Å²) in [7, 11) is 0. The molecule has 0 radical (unpaired) electrons. The van der Waals surface area contributed by atoms with Gasteiger partial charge in [0.05, 0.1) is 23.6 Å². The van der Waals surface area contributed by atoms with Gasteiger partial charge in [0.15, 0.2) is 0 Å². The van der Waals surface area contributed by atoms with Crippen molar-refractivity contribution in [3.05, 3.63) is 76.9 Å². The summed E-state index contributed by atoms with van der Waals surface area (Å²) in [4.78, 5) is 17.5. The van der Waals surface area contributed by atoms with Crippen LogP contribution < -0.4 is 5.32 Å². The zero-order valence-corrected chi connectivity index (χ0v) is 18.1. The molecule has 0 aliphatic carbocycles. The van der Waals surface area contributed by atoms with Gasteiger partial charge in [0.25, 0.3) is 0 Å². The first-order valence-corrected chi connectivity index (χ1v) is 10.6. The number of aromatic nitrogens is 6. The van der Waals surface area contributed by atoms with Gasteiger partial charge in [0.1, 0.15) is 18.0 Å². The molecular weight excluding hydrogens is 410 g/mol. The third-order valence-electron chi connectivity index (χ3n) is 5.33. The summed E-state index contributed by atoms with van der Waals surface area (Å²) >= 11 is 6.11. The van der Waals surface area contributed by atoms with Crippen molar-refractivity contribution in [3.63, 3.8) is 0 Å². The number of nitrogens with zero attached hydrogens (tertiary/aromatic N) is 5. The molecule has 1 aliphatic rings. The standard InChI is InChI=1S/C23H22ClN7/c1-14-9-16(12-31-23(14)26-13-27-31)21-22(19-8-3-5-15(2)28-19)30-20(29-21)11-25-18-7-4-6-17(24)10-18/h3-8,10,12-14,25H,9,11H2,1-2H3,(H,29,30). The Morgan fingerprint density at radius 1 is 1.19 bits per heavy atom. The van der Waals surface area contributed by atoms with Crippen molar-refractivity contribution < 1.29 is 0 Å². The highest BCUT2D eigenvalue weighted by molar-refractivity contribution is 6.30. The summed E-state index contributed by atoms with van der Waals surface area (Å²) in [6, 6.07) is 13.7. The van der Waals surface area contributed by atoms with Gasteiger partial charge >= 0.3 is 0 Å². The number of pyridine rings is 1. The van der Waals surface area contributed by atoms with E-state index in [0.717, 1.165) is 52.1 Å². The second kappa shape index (κ2) is 8.00. The summed E-state index contributed by atoms with van der Waals surface area (Å²) < 4.78 is 1.84. The third-order valence-corrected chi connectivity index (χ3v) is 5.57. The molecule has 7 nitrogen and oxygen atoms in total. The molecule has 0 bridgehead atoms. The van der Waals surface area contributed by atoms with Crippen LogP contribution in [-0.4, -0.2) is 29.7 Å². The van der Waals surface area contributed by atoms with Crippen LogP contribution in [0.2, 0.25) is 5.02 Å². The minimum absolute atomic E-state index is 0.255. The minimum atomic E-state index is 0.255. The number of hydrogen-bond acceptors (Lipinski definition) is 5. The van der Waals surface area contributed by atoms with E-state index < -0.39 is 0 Å². The molecule has 1 aliphatic heterocycles. The Hall–Kier alpha value is -3.45. The maximum atomic E-state index is 6.11. The number of hydrogen-bond donors (Lipinski definition) is 2. The van der Waals surface area contributed by atoms with Gasteiger partial charge in [-0.3, -0.25) is 4.98 Å². The quantitative estimate of drug-likeness (QED) is 0.457. The van der Waals surface area contributed by atoms with Crippen LogP contribution >= 0.6 is 11.6 Å². The average molecular weight is 432 g/mol. The van der Waals surface area contributed by atoms with Crippen molar-refractivity contribution in [2.24, 2.45) is 0 Å². The van der Waals surface area contributed by atoms with Crippen molar-refractivity contribution in [1.82, 2.24) is 29.7 Å². The largest absolute Gasteiger partial charge is 0.378 e. The second-order valence-electron chi connectivity index (χ2n) is 7.76. The number of H-pyrrole nitrogens is 1. The van der Waals surface area contributed by atoms with E-state index in [4.69, 9.17) is 21.6 Å². The number of halogens is 1. The Balaban J connectivity index is 1.53. The number of aromatic amines is 1. The number of rotatable bonds is 5. The highest BCUT2D eigenvalue weighted by Gasteiger charge is 2.25. The van der Waals surface area contributed by atoms with Crippen LogP contribution in [0.5, 0.6) is 0 Å². The summed E-state index contributed by atoms with van der Waals surface area (Å²) in [5.74, 6) is 2.05. The van der Waals surface area contributed by atoms with Crippen LogP contribution in [0.15, 0.2) is 48.8 Å². The topological polar surface area (TPSA) is 84.3 Å². The number of aryl methyl sites for hydroxylation is 1. The lowest BCUT2D eigenvalue weighted by atomic mass is 9.95. The molecule has 8 heteroatoms. The first-order chi connectivity index (χ1) is 15.1. The molecule has 0 saturated heterocycles. The summed E-state index contributed by atoms with van der Waals surface area (Å²) in [5.41, 5.74) is 5.69. The zero-order valence-electron chi connectivity index (χ0n) is 17.3. The van der Waals surface area contributed by atoms with Crippen molar-refractivity contribution in [2.75, 3.05) is 5.32 Å². The van der Waals surface area contributed by atoms with Gasteiger partial charge < -0.3 is 10.3 Å². The molecule has 1 aromatic carbocycles. The molecule has 156 valence electrons. The molecule has 4 aromatic rings. The molecule has 2 N–H and O–H groups in total. The lowest BCUT2D eigenvalue weighted by Crippen LogP contribution is -2.11. The van der Waals surface area contributed by atoms with Gasteiger partial charge in [0, 0.05) is 28.5 Å². The van der Waals surface area contributed by atoms with Crippen LogP contribution in [0.25, 0.3) is 23.2 Å². The lowest BCUT2D eigenvalue weighted by Gasteiger charge is -2.19. The third kappa shape index (κ3) is 3.96. The zero-order chi connectivity index (χ0) is 21.4. The predicted octanol–water partition coefficient (Wildman–Crippen LogP) is 5.14. The average Bonchev–Trinajstić information content (AvgIpc) is 3.40. The Kier molecular flexibility index (Phi) is 5.03. The van der Waals surface area contributed by atoms with Crippen LogP contribution in [-0.2, 0) is 6.54 Å². The number of fused-ring (bicyclic) bond motifs is 1. The van der Waals surface area contributed by atoms with Crippen LogP contribution in [0, 0.1) is 6.92 Å². The molecular formula is C23H22ClN7. The van der Waals surface area contributed by atoms with E-state index in [1.807, 2.05) is 60.3 Å². The SMILES string of the molecule is Cc1cccc(-c2[nH]c(CNc3cccc(Cl)c3)nc2C2=Cn3ncnc3C(C)C2)n1. The Labute approximate surface area is 185 Å². The van der Waals surface area contributed by atoms with E-state index in [9.17, 15) is 0 Å². The van der Waals surface area contributed by atoms with Crippen molar-refractivity contribution >= 4 is 29.1 Å².